The van der Waals surface area contributed by atoms with Crippen molar-refractivity contribution in [1.29, 1.82) is 0 Å². The average molecular weight is 702 g/mol. The van der Waals surface area contributed by atoms with Gasteiger partial charge in [0.15, 0.2) is 0 Å². The van der Waals surface area contributed by atoms with Gasteiger partial charge in [-0.1, -0.05) is 62.4 Å². The molecule has 2 aliphatic heterocycles. The standard InChI is InChI=1S/C38H51N7O6/c1-24(2)17-31-38(50)43(5)26(4)36(48)42-30(18-27-12-7-6-8-13-27)37(49)41-29-15-16-51-33(35(29)47)22-44(23-34(46)40-31)20-28-19-39-45(21-28)32-14-10-9-11-25(32)3/h6-14,19,21,24,26,29-31,33,35,47H,15-18,20,22-23H2,1-5H3,(H,40,46)(H,41,49)(H,42,48)/t26-,29-,30-,31+,33+,35-/m0/s1. The molecule has 2 bridgehead atoms. The topological polar surface area (TPSA) is 158 Å². The fourth-order valence-electron chi connectivity index (χ4n) is 6.67. The predicted molar refractivity (Wildman–Crippen MR) is 192 cm³/mol. The van der Waals surface area contributed by atoms with Crippen molar-refractivity contribution >= 4 is 23.6 Å². The summed E-state index contributed by atoms with van der Waals surface area (Å²) in [6.45, 7) is 8.18. The maximum Gasteiger partial charge on any atom is 0.245 e. The number of nitrogens with one attached hydrogen (secondary N) is 3. The van der Waals surface area contributed by atoms with E-state index in [1.165, 1.54) is 11.9 Å². The number of rotatable bonds is 7. The molecule has 0 radical (unpaired) electrons. The van der Waals surface area contributed by atoms with E-state index in [0.29, 0.717) is 19.4 Å². The maximum absolute atomic E-state index is 13.9. The van der Waals surface area contributed by atoms with Gasteiger partial charge in [-0.25, -0.2) is 4.68 Å². The van der Waals surface area contributed by atoms with Crippen LogP contribution in [-0.2, 0) is 36.9 Å². The highest BCUT2D eigenvalue weighted by atomic mass is 16.5. The van der Waals surface area contributed by atoms with Crippen molar-refractivity contribution in [2.75, 3.05) is 26.7 Å². The number of hydrogen-bond acceptors (Lipinski definition) is 8. The molecule has 2 aliphatic rings. The lowest BCUT2D eigenvalue weighted by Crippen LogP contribution is -2.60. The Hall–Kier alpha value is -4.59. The van der Waals surface area contributed by atoms with Gasteiger partial charge >= 0.3 is 0 Å². The summed E-state index contributed by atoms with van der Waals surface area (Å²) >= 11 is 0. The SMILES string of the molecule is Cc1ccccc1-n1cc(CN2CC(=O)N[C@H](CC(C)C)C(=O)N(C)[C@@H](C)C(=O)N[C@@H](Cc3ccccc3)C(=O)N[C@H]3CCO[C@H](C2)[C@H]3O)cn1. The van der Waals surface area contributed by atoms with Crippen molar-refractivity contribution in [3.8, 4) is 5.69 Å². The molecule has 51 heavy (non-hydrogen) atoms. The quantitative estimate of drug-likeness (QED) is 0.290. The number of nitrogens with zero attached hydrogens (tertiary/aromatic N) is 4. The number of carbonyl (C=O) groups excluding carboxylic acids is 4. The van der Waals surface area contributed by atoms with E-state index < -0.39 is 54.1 Å². The van der Waals surface area contributed by atoms with Crippen LogP contribution in [0.1, 0.15) is 50.3 Å². The number of benzene rings is 2. The third-order valence-electron chi connectivity index (χ3n) is 9.66. The van der Waals surface area contributed by atoms with Crippen LogP contribution in [0, 0.1) is 12.8 Å². The second kappa shape index (κ2) is 17.1. The van der Waals surface area contributed by atoms with E-state index >= 15 is 0 Å². The third-order valence-corrected chi connectivity index (χ3v) is 9.66. The summed E-state index contributed by atoms with van der Waals surface area (Å²) in [5.74, 6) is -1.68. The molecule has 1 aromatic heterocycles. The van der Waals surface area contributed by atoms with Crippen LogP contribution in [0.4, 0.5) is 0 Å². The van der Waals surface area contributed by atoms with E-state index in [-0.39, 0.29) is 37.9 Å². The van der Waals surface area contributed by atoms with Gasteiger partial charge in [0.1, 0.15) is 24.2 Å². The van der Waals surface area contributed by atoms with E-state index in [4.69, 9.17) is 4.74 Å². The number of aromatic nitrogens is 2. The van der Waals surface area contributed by atoms with E-state index in [9.17, 15) is 24.3 Å². The molecule has 3 aromatic rings. The second-order valence-corrected chi connectivity index (χ2v) is 14.2. The van der Waals surface area contributed by atoms with E-state index in [0.717, 1.165) is 22.4 Å². The Morgan fingerprint density at radius 2 is 1.67 bits per heavy atom. The van der Waals surface area contributed by atoms with Crippen molar-refractivity contribution < 1.29 is 29.0 Å². The summed E-state index contributed by atoms with van der Waals surface area (Å²) < 4.78 is 7.84. The summed E-state index contributed by atoms with van der Waals surface area (Å²) in [5.41, 5.74) is 3.67. The molecular weight excluding hydrogens is 650 g/mol. The van der Waals surface area contributed by atoms with E-state index in [1.54, 1.807) is 17.8 Å². The van der Waals surface area contributed by atoms with Crippen LogP contribution < -0.4 is 16.0 Å². The molecule has 4 N–H and O–H groups in total. The Bertz CT molecular complexity index is 1660. The summed E-state index contributed by atoms with van der Waals surface area (Å²) in [4.78, 5) is 58.2. The first kappa shape index (κ1) is 37.7. The van der Waals surface area contributed by atoms with Gasteiger partial charge in [-0.05, 0) is 49.8 Å². The van der Waals surface area contributed by atoms with Crippen molar-refractivity contribution in [2.24, 2.45) is 5.92 Å². The van der Waals surface area contributed by atoms with Crippen LogP contribution in [0.15, 0.2) is 67.0 Å². The van der Waals surface area contributed by atoms with Gasteiger partial charge in [0, 0.05) is 44.9 Å². The number of aliphatic hydroxyl groups is 1. The highest BCUT2D eigenvalue weighted by Gasteiger charge is 2.38. The normalized spacial score (nSPS) is 26.0. The van der Waals surface area contributed by atoms with Crippen molar-refractivity contribution in [3.63, 3.8) is 0 Å². The molecular formula is C38H51N7O6. The lowest BCUT2D eigenvalue weighted by Gasteiger charge is -2.38. The molecule has 0 saturated carbocycles. The molecule has 13 heteroatoms. The Kier molecular flexibility index (Phi) is 12.6. The summed E-state index contributed by atoms with van der Waals surface area (Å²) in [6, 6.07) is 13.8. The molecule has 0 spiro atoms. The largest absolute Gasteiger partial charge is 0.388 e. The Labute approximate surface area is 299 Å². The Balaban J connectivity index is 1.45. The number of para-hydroxylation sites is 1. The molecule has 2 saturated heterocycles. The van der Waals surface area contributed by atoms with Gasteiger partial charge in [-0.2, -0.15) is 5.10 Å². The van der Waals surface area contributed by atoms with Crippen molar-refractivity contribution in [1.82, 2.24) is 35.5 Å². The van der Waals surface area contributed by atoms with E-state index in [1.807, 2.05) is 86.5 Å². The highest BCUT2D eigenvalue weighted by Crippen LogP contribution is 2.20. The van der Waals surface area contributed by atoms with Crippen LogP contribution in [0.2, 0.25) is 0 Å². The molecule has 6 atom stereocenters. The Morgan fingerprint density at radius 1 is 0.941 bits per heavy atom. The van der Waals surface area contributed by atoms with Gasteiger partial charge in [0.2, 0.25) is 23.6 Å². The fraction of sp³-hybridized carbons (Fsp3) is 0.500. The number of amides is 4. The lowest BCUT2D eigenvalue weighted by molar-refractivity contribution is -0.142. The van der Waals surface area contributed by atoms with Gasteiger partial charge in [-0.15, -0.1) is 0 Å². The number of likely N-dealkylation sites (N-methyl/N-ethyl adjacent to an activating group) is 1. The Morgan fingerprint density at radius 3 is 2.39 bits per heavy atom. The monoisotopic (exact) mass is 701 g/mol. The summed E-state index contributed by atoms with van der Waals surface area (Å²) in [5, 5.41) is 24.9. The van der Waals surface area contributed by atoms with Crippen molar-refractivity contribution in [2.45, 2.75) is 89.9 Å². The number of fused-ring (bicyclic) bond motifs is 2. The molecule has 4 amide bonds. The van der Waals surface area contributed by atoms with Gasteiger partial charge < -0.3 is 30.7 Å². The number of carbonyl (C=O) groups is 4. The van der Waals surface area contributed by atoms with Crippen LogP contribution in [0.25, 0.3) is 5.69 Å². The van der Waals surface area contributed by atoms with E-state index in [2.05, 4.69) is 21.0 Å². The summed E-state index contributed by atoms with van der Waals surface area (Å²) in [6.07, 6.45) is 2.75. The first-order valence-corrected chi connectivity index (χ1v) is 17.7. The number of hydrogen-bond donors (Lipinski definition) is 4. The average Bonchev–Trinajstić information content (AvgIpc) is 3.56. The molecule has 13 nitrogen and oxygen atoms in total. The molecule has 5 rings (SSSR count). The van der Waals surface area contributed by atoms with Gasteiger partial charge in [0.05, 0.1) is 30.6 Å². The molecule has 274 valence electrons. The maximum atomic E-state index is 13.9. The lowest BCUT2D eigenvalue weighted by atomic mass is 9.97. The zero-order valence-corrected chi connectivity index (χ0v) is 30.1. The van der Waals surface area contributed by atoms with Crippen LogP contribution in [0.5, 0.6) is 0 Å². The first-order valence-electron chi connectivity index (χ1n) is 17.7. The van der Waals surface area contributed by atoms with Crippen molar-refractivity contribution in [3.05, 3.63) is 83.7 Å². The second-order valence-electron chi connectivity index (χ2n) is 14.2. The third kappa shape index (κ3) is 9.81. The predicted octanol–water partition coefficient (Wildman–Crippen LogP) is 1.74. The minimum atomic E-state index is -1.09. The number of aliphatic hydroxyl groups excluding tert-OH is 1. The molecule has 0 unspecified atom stereocenters. The number of aryl methyl sites for hydroxylation is 1. The van der Waals surface area contributed by atoms with Gasteiger partial charge in [-0.3, -0.25) is 24.1 Å². The minimum absolute atomic E-state index is 0.0657. The molecule has 2 aromatic carbocycles. The number of ether oxygens (including phenoxy) is 1. The van der Waals surface area contributed by atoms with Crippen LogP contribution in [0.3, 0.4) is 0 Å². The van der Waals surface area contributed by atoms with Crippen LogP contribution in [-0.4, -0.2) is 111 Å². The smallest absolute Gasteiger partial charge is 0.245 e. The van der Waals surface area contributed by atoms with Crippen LogP contribution >= 0.6 is 0 Å². The molecule has 3 heterocycles. The minimum Gasteiger partial charge on any atom is -0.388 e. The fourth-order valence-corrected chi connectivity index (χ4v) is 6.67. The molecule has 0 aliphatic carbocycles. The highest BCUT2D eigenvalue weighted by molar-refractivity contribution is 5.94. The first-order chi connectivity index (χ1) is 24.4. The summed E-state index contributed by atoms with van der Waals surface area (Å²) in [7, 11) is 1.53. The molecule has 2 fully saturated rings. The zero-order valence-electron chi connectivity index (χ0n) is 30.1. The van der Waals surface area contributed by atoms with Gasteiger partial charge in [0.25, 0.3) is 0 Å². The zero-order chi connectivity index (χ0) is 36.7.